The molecule has 5 nitrogen and oxygen atoms in total. The molecule has 0 unspecified atom stereocenters. The summed E-state index contributed by atoms with van der Waals surface area (Å²) in [6.07, 6.45) is 0.333. The van der Waals surface area contributed by atoms with E-state index < -0.39 is 14.2 Å². The summed E-state index contributed by atoms with van der Waals surface area (Å²) < 4.78 is 0. The SMILES string of the molecule is CC(C)(CCl)C(=O)NCCC[Si](O)(O)O. The molecule has 0 atom stereocenters. The van der Waals surface area contributed by atoms with Crippen LogP contribution in [-0.2, 0) is 4.79 Å². The molecule has 0 aromatic heterocycles. The van der Waals surface area contributed by atoms with E-state index in [4.69, 9.17) is 26.0 Å². The van der Waals surface area contributed by atoms with Gasteiger partial charge >= 0.3 is 8.80 Å². The van der Waals surface area contributed by atoms with Gasteiger partial charge in [-0.15, -0.1) is 11.6 Å². The minimum Gasteiger partial charge on any atom is -0.390 e. The zero-order valence-electron chi connectivity index (χ0n) is 8.96. The minimum atomic E-state index is -3.96. The van der Waals surface area contributed by atoms with Gasteiger partial charge in [-0.25, -0.2) is 0 Å². The molecule has 0 radical (unpaired) electrons. The van der Waals surface area contributed by atoms with Gasteiger partial charge in [0.25, 0.3) is 0 Å². The average Bonchev–Trinajstić information content (AvgIpc) is 2.10. The lowest BCUT2D eigenvalue weighted by molar-refractivity contribution is -0.128. The molecule has 1 amide bonds. The number of alkyl halides is 1. The highest BCUT2D eigenvalue weighted by atomic mass is 35.5. The number of nitrogens with one attached hydrogen (secondary N) is 1. The predicted octanol–water partition coefficient (Wildman–Crippen LogP) is -0.327. The standard InChI is InChI=1S/C8H18ClNO4Si/c1-8(2,6-9)7(11)10-4-3-5-15(12,13)14/h12-14H,3-6H2,1-2H3,(H,10,11). The molecular formula is C8H18ClNO4Si. The van der Waals surface area contributed by atoms with Gasteiger partial charge in [0.1, 0.15) is 0 Å². The first-order valence-corrected chi connectivity index (χ1v) is 7.29. The largest absolute Gasteiger partial charge is 0.492 e. The first-order valence-electron chi connectivity index (χ1n) is 4.70. The van der Waals surface area contributed by atoms with Crippen LogP contribution in [0.1, 0.15) is 20.3 Å². The predicted molar refractivity (Wildman–Crippen MR) is 59.3 cm³/mol. The fraction of sp³-hybridized carbons (Fsp3) is 0.875. The van der Waals surface area contributed by atoms with E-state index in [1.807, 2.05) is 0 Å². The molecule has 0 spiro atoms. The van der Waals surface area contributed by atoms with Gasteiger partial charge < -0.3 is 19.7 Å². The highest BCUT2D eigenvalue weighted by Crippen LogP contribution is 2.16. The minimum absolute atomic E-state index is 0.0748. The van der Waals surface area contributed by atoms with Crippen molar-refractivity contribution in [3.63, 3.8) is 0 Å². The fourth-order valence-electron chi connectivity index (χ4n) is 0.827. The molecule has 0 aliphatic rings. The molecule has 0 aliphatic carbocycles. The number of halogens is 1. The van der Waals surface area contributed by atoms with E-state index >= 15 is 0 Å². The fourth-order valence-corrected chi connectivity index (χ4v) is 1.60. The first kappa shape index (κ1) is 14.9. The van der Waals surface area contributed by atoms with Crippen LogP contribution in [-0.4, -0.2) is 41.5 Å². The smallest absolute Gasteiger partial charge is 0.390 e. The van der Waals surface area contributed by atoms with Gasteiger partial charge in [-0.3, -0.25) is 4.79 Å². The maximum Gasteiger partial charge on any atom is 0.492 e. The summed E-state index contributed by atoms with van der Waals surface area (Å²) in [6, 6.07) is -0.0748. The van der Waals surface area contributed by atoms with E-state index in [-0.39, 0.29) is 17.8 Å². The number of carbonyl (C=O) groups is 1. The Kier molecular flexibility index (Phi) is 5.75. The summed E-state index contributed by atoms with van der Waals surface area (Å²) in [6.45, 7) is 3.74. The Morgan fingerprint density at radius 2 is 1.93 bits per heavy atom. The Morgan fingerprint density at radius 3 is 2.33 bits per heavy atom. The second-order valence-electron chi connectivity index (χ2n) is 4.15. The number of carbonyl (C=O) groups excluding carboxylic acids is 1. The highest BCUT2D eigenvalue weighted by molar-refractivity contribution is 6.56. The van der Waals surface area contributed by atoms with Crippen LogP contribution < -0.4 is 5.32 Å². The summed E-state index contributed by atoms with van der Waals surface area (Å²) >= 11 is 5.60. The third kappa shape index (κ3) is 6.86. The molecule has 0 saturated carbocycles. The molecule has 15 heavy (non-hydrogen) atoms. The van der Waals surface area contributed by atoms with Crippen molar-refractivity contribution in [2.45, 2.75) is 26.3 Å². The molecule has 90 valence electrons. The van der Waals surface area contributed by atoms with Crippen molar-refractivity contribution in [2.75, 3.05) is 12.4 Å². The summed E-state index contributed by atoms with van der Waals surface area (Å²) in [5, 5.41) is 2.61. The van der Waals surface area contributed by atoms with Crippen molar-refractivity contribution in [3.05, 3.63) is 0 Å². The Morgan fingerprint density at radius 1 is 1.40 bits per heavy atom. The van der Waals surface area contributed by atoms with E-state index in [0.29, 0.717) is 13.0 Å². The molecular weight excluding hydrogens is 238 g/mol. The number of hydrogen-bond donors (Lipinski definition) is 4. The van der Waals surface area contributed by atoms with Crippen LogP contribution in [0.25, 0.3) is 0 Å². The van der Waals surface area contributed by atoms with Crippen LogP contribution in [0.15, 0.2) is 0 Å². The topological polar surface area (TPSA) is 89.8 Å². The Labute approximate surface area is 95.4 Å². The summed E-state index contributed by atoms with van der Waals surface area (Å²) in [5.41, 5.74) is -0.631. The zero-order valence-corrected chi connectivity index (χ0v) is 10.7. The monoisotopic (exact) mass is 255 g/mol. The van der Waals surface area contributed by atoms with E-state index in [2.05, 4.69) is 5.32 Å². The lowest BCUT2D eigenvalue weighted by Crippen LogP contribution is -2.40. The second-order valence-corrected chi connectivity index (χ2v) is 6.47. The van der Waals surface area contributed by atoms with Crippen molar-refractivity contribution in [1.29, 1.82) is 0 Å². The van der Waals surface area contributed by atoms with Crippen LogP contribution in [0.4, 0.5) is 0 Å². The van der Waals surface area contributed by atoms with E-state index in [0.717, 1.165) is 0 Å². The molecule has 0 bridgehead atoms. The second kappa shape index (κ2) is 5.81. The van der Waals surface area contributed by atoms with Crippen molar-refractivity contribution in [2.24, 2.45) is 5.41 Å². The molecule has 0 rings (SSSR count). The Hall–Kier alpha value is -0.143. The summed E-state index contributed by atoms with van der Waals surface area (Å²) in [5.74, 6) is 0.0379. The van der Waals surface area contributed by atoms with Gasteiger partial charge in [0, 0.05) is 18.5 Å². The lowest BCUT2D eigenvalue weighted by Gasteiger charge is -2.20. The maximum atomic E-state index is 11.4. The molecule has 0 heterocycles. The molecule has 0 fully saturated rings. The third-order valence-electron chi connectivity index (χ3n) is 1.92. The van der Waals surface area contributed by atoms with Gasteiger partial charge in [0.2, 0.25) is 5.91 Å². The van der Waals surface area contributed by atoms with Crippen molar-refractivity contribution in [1.82, 2.24) is 5.32 Å². The average molecular weight is 256 g/mol. The van der Waals surface area contributed by atoms with Crippen LogP contribution in [0, 0.1) is 5.41 Å². The van der Waals surface area contributed by atoms with Crippen LogP contribution in [0.5, 0.6) is 0 Å². The summed E-state index contributed by atoms with van der Waals surface area (Å²) in [4.78, 5) is 37.6. The zero-order chi connectivity index (χ0) is 12.1. The van der Waals surface area contributed by atoms with Gasteiger partial charge in [0.05, 0.1) is 5.41 Å². The molecule has 0 aromatic carbocycles. The Bertz CT molecular complexity index is 217. The van der Waals surface area contributed by atoms with E-state index in [1.54, 1.807) is 13.8 Å². The van der Waals surface area contributed by atoms with Crippen molar-refractivity contribution < 1.29 is 19.2 Å². The number of hydrogen-bond acceptors (Lipinski definition) is 4. The number of amides is 1. The lowest BCUT2D eigenvalue weighted by atomic mass is 9.95. The van der Waals surface area contributed by atoms with Crippen LogP contribution >= 0.6 is 11.6 Å². The molecule has 0 aliphatic heterocycles. The highest BCUT2D eigenvalue weighted by Gasteiger charge is 2.28. The Balaban J connectivity index is 3.74. The summed E-state index contributed by atoms with van der Waals surface area (Å²) in [7, 11) is -3.96. The van der Waals surface area contributed by atoms with Gasteiger partial charge in [-0.05, 0) is 20.3 Å². The van der Waals surface area contributed by atoms with Crippen LogP contribution in [0.2, 0.25) is 6.04 Å². The number of rotatable bonds is 6. The van der Waals surface area contributed by atoms with E-state index in [9.17, 15) is 4.79 Å². The molecule has 4 N–H and O–H groups in total. The first-order chi connectivity index (χ1) is 6.69. The quantitative estimate of drug-likeness (QED) is 0.297. The molecule has 0 aromatic rings. The van der Waals surface area contributed by atoms with Crippen molar-refractivity contribution in [3.8, 4) is 0 Å². The van der Waals surface area contributed by atoms with Gasteiger partial charge in [-0.1, -0.05) is 0 Å². The van der Waals surface area contributed by atoms with Crippen molar-refractivity contribution >= 4 is 26.3 Å². The van der Waals surface area contributed by atoms with Gasteiger partial charge in [0.15, 0.2) is 0 Å². The third-order valence-corrected chi connectivity index (χ3v) is 3.62. The van der Waals surface area contributed by atoms with Gasteiger partial charge in [-0.2, -0.15) is 0 Å². The maximum absolute atomic E-state index is 11.4. The molecule has 7 heteroatoms. The van der Waals surface area contributed by atoms with Crippen LogP contribution in [0.3, 0.4) is 0 Å². The molecule has 0 saturated heterocycles. The van der Waals surface area contributed by atoms with E-state index in [1.165, 1.54) is 0 Å². The normalized spacial score (nSPS) is 12.7.